The van der Waals surface area contributed by atoms with Crippen molar-refractivity contribution < 1.29 is 34.0 Å². The van der Waals surface area contributed by atoms with Crippen molar-refractivity contribution in [3.05, 3.63) is 93.8 Å². The zero-order chi connectivity index (χ0) is 48.3. The first kappa shape index (κ1) is 45.0. The smallest absolute Gasteiger partial charge is 0.195 e. The number of nitrogens with one attached hydrogen (secondary N) is 2. The van der Waals surface area contributed by atoms with Gasteiger partial charge in [-0.05, 0) is 182 Å². The number of benzene rings is 2. The largest absolute Gasteiger partial charge is 0.388 e. The van der Waals surface area contributed by atoms with Crippen molar-refractivity contribution in [2.75, 3.05) is 0 Å². The third-order valence-electron chi connectivity index (χ3n) is 22.5. The van der Waals surface area contributed by atoms with Crippen LogP contribution in [0.25, 0.3) is 21.8 Å². The second-order valence-electron chi connectivity index (χ2n) is 26.2. The van der Waals surface area contributed by atoms with Crippen LogP contribution < -0.4 is 0 Å². The minimum absolute atomic E-state index is 0.0146. The molecule has 4 N–H and O–H groups in total. The van der Waals surface area contributed by atoms with Gasteiger partial charge < -0.3 is 39.2 Å². The first-order chi connectivity index (χ1) is 32.6. The Kier molecular flexibility index (Phi) is 9.14. The first-order valence-electron chi connectivity index (χ1n) is 26.7. The lowest BCUT2D eigenvalue weighted by molar-refractivity contribution is -0.257. The molecule has 14 atom stereocenters. The number of ether oxygens (including phenoxy) is 3. The molecule has 13 rings (SSSR count). The van der Waals surface area contributed by atoms with Crippen molar-refractivity contribution in [3.63, 3.8) is 0 Å². The van der Waals surface area contributed by atoms with E-state index in [1.54, 1.807) is 6.08 Å². The highest BCUT2D eigenvalue weighted by Crippen LogP contribution is 2.73. The number of hydrogen-bond donors (Lipinski definition) is 4. The van der Waals surface area contributed by atoms with Crippen LogP contribution in [0.15, 0.2) is 65.8 Å². The molecular weight excluding hydrogens is 861 g/mol. The van der Waals surface area contributed by atoms with Crippen molar-refractivity contribution in [2.45, 2.75) is 198 Å². The molecule has 3 aliphatic heterocycles. The molecule has 0 radical (unpaired) electrons. The van der Waals surface area contributed by atoms with Crippen LogP contribution in [0.3, 0.4) is 0 Å². The van der Waals surface area contributed by atoms with Gasteiger partial charge in [-0.2, -0.15) is 0 Å². The van der Waals surface area contributed by atoms with Gasteiger partial charge in [0.05, 0.1) is 28.8 Å². The van der Waals surface area contributed by atoms with Gasteiger partial charge in [-0.25, -0.2) is 0 Å². The summed E-state index contributed by atoms with van der Waals surface area (Å²) < 4.78 is 20.3. The van der Waals surface area contributed by atoms with Crippen molar-refractivity contribution in [2.24, 2.45) is 39.9 Å². The second kappa shape index (κ2) is 14.0. The number of aromatic amines is 2. The number of fused-ring (bicyclic) bond motifs is 18. The molecule has 4 saturated carbocycles. The summed E-state index contributed by atoms with van der Waals surface area (Å²) in [6.07, 6.45) is 15.1. The minimum atomic E-state index is -1.25. The lowest BCUT2D eigenvalue weighted by Gasteiger charge is -2.67. The molecule has 2 aromatic heterocycles. The van der Waals surface area contributed by atoms with Gasteiger partial charge in [0.1, 0.15) is 11.9 Å². The van der Waals surface area contributed by atoms with E-state index in [4.69, 9.17) is 14.2 Å². The van der Waals surface area contributed by atoms with Gasteiger partial charge in [-0.1, -0.05) is 63.6 Å². The minimum Gasteiger partial charge on any atom is -0.388 e. The molecule has 1 spiro atoms. The molecule has 6 aliphatic carbocycles. The summed E-state index contributed by atoms with van der Waals surface area (Å²) in [5, 5.41) is 27.5. The third-order valence-corrected chi connectivity index (χ3v) is 22.5. The van der Waals surface area contributed by atoms with E-state index in [2.05, 4.69) is 93.1 Å². The van der Waals surface area contributed by atoms with E-state index in [0.717, 1.165) is 76.1 Å². The summed E-state index contributed by atoms with van der Waals surface area (Å²) in [7, 11) is 0. The van der Waals surface area contributed by atoms with Crippen molar-refractivity contribution >= 4 is 33.9 Å². The Morgan fingerprint density at radius 3 is 2.32 bits per heavy atom. The van der Waals surface area contributed by atoms with E-state index in [-0.39, 0.29) is 46.1 Å². The molecular formula is C60H74N2O7. The van der Waals surface area contributed by atoms with Crippen LogP contribution in [0.2, 0.25) is 0 Å². The first-order valence-corrected chi connectivity index (χ1v) is 26.7. The maximum absolute atomic E-state index is 14.1. The number of allylic oxidation sites excluding steroid dienone is 2. The fourth-order valence-electron chi connectivity index (χ4n) is 18.8. The second-order valence-corrected chi connectivity index (χ2v) is 26.2. The van der Waals surface area contributed by atoms with Gasteiger partial charge in [-0.3, -0.25) is 4.79 Å². The zero-order valence-corrected chi connectivity index (χ0v) is 42.4. The van der Waals surface area contributed by atoms with Crippen LogP contribution in [0, 0.1) is 39.9 Å². The number of ketones is 1. The lowest BCUT2D eigenvalue weighted by atomic mass is 9.39. The average Bonchev–Trinajstić information content (AvgIpc) is 4.07. The molecule has 9 aliphatic rings. The Bertz CT molecular complexity index is 2950. The summed E-state index contributed by atoms with van der Waals surface area (Å²) in [4.78, 5) is 35.5. The molecule has 2 saturated heterocycles. The summed E-state index contributed by atoms with van der Waals surface area (Å²) in [5.74, 6) is -0.110. The molecule has 9 heteroatoms. The highest BCUT2D eigenvalue weighted by molar-refractivity contribution is 5.97. The Hall–Kier alpha value is -3.86. The number of para-hydroxylation sites is 1. The molecule has 366 valence electrons. The lowest BCUT2D eigenvalue weighted by Crippen LogP contribution is -2.69. The number of H-pyrrole nitrogens is 2. The van der Waals surface area contributed by atoms with Gasteiger partial charge in [-0.15, -0.1) is 0 Å². The van der Waals surface area contributed by atoms with Crippen molar-refractivity contribution in [1.82, 2.24) is 9.97 Å². The number of rotatable bonds is 6. The van der Waals surface area contributed by atoms with Crippen LogP contribution in [0.5, 0.6) is 0 Å². The van der Waals surface area contributed by atoms with E-state index in [9.17, 15) is 19.8 Å². The third kappa shape index (κ3) is 5.45. The van der Waals surface area contributed by atoms with Gasteiger partial charge in [0.2, 0.25) is 0 Å². The number of carbonyl (C=O) groups is 2. The summed E-state index contributed by atoms with van der Waals surface area (Å²) in [5.41, 5.74) is 6.18. The van der Waals surface area contributed by atoms with Gasteiger partial charge in [0.25, 0.3) is 0 Å². The zero-order valence-electron chi connectivity index (χ0n) is 42.4. The Labute approximate surface area is 407 Å². The standard InChI is InChI=1S/C60H74N2O7/c1-33(26-35-31-58(32-63)45-19-17-36-28-40-38-12-10-11-13-42(38)61-48(40)56(36,8)54(45,6)22-21-47(58)67-50(35)52(2,3)65)14-15-34-16-18-43-39(27-34)41-29-37-20-23-59(66)46-30-44(64)51-53(4,5)69-60(46,68-51)25-24-55(59,7)57(37,9)49(41)62-43/h10-14,16,18,27,30,32,35-37,45,47,50-51,61-62,65-66H,15,17,19-26,28-29,31H2,1-9H3/b33-14+/t35?,36?,37?,45?,47?,50-,51-,54-,55+,56+,57+,58+,59+,60-/m0/s1. The molecule has 4 aromatic rings. The quantitative estimate of drug-likeness (QED) is 0.112. The molecule has 5 heterocycles. The average molecular weight is 935 g/mol. The highest BCUT2D eigenvalue weighted by Gasteiger charge is 2.76. The van der Waals surface area contributed by atoms with Crippen LogP contribution in [0.1, 0.15) is 155 Å². The number of hydrogen-bond acceptors (Lipinski definition) is 7. The molecule has 9 nitrogen and oxygen atoms in total. The molecule has 2 bridgehead atoms. The monoisotopic (exact) mass is 935 g/mol. The maximum Gasteiger partial charge on any atom is 0.195 e. The number of aliphatic hydroxyl groups is 2. The van der Waals surface area contributed by atoms with Crippen molar-refractivity contribution in [3.8, 4) is 0 Å². The molecule has 5 unspecified atom stereocenters. The molecule has 69 heavy (non-hydrogen) atoms. The van der Waals surface area contributed by atoms with Crippen LogP contribution in [-0.4, -0.2) is 73.2 Å². The maximum atomic E-state index is 14.1. The van der Waals surface area contributed by atoms with E-state index >= 15 is 0 Å². The number of aromatic nitrogens is 2. The van der Waals surface area contributed by atoms with E-state index in [1.165, 1.54) is 56.2 Å². The number of aldehydes is 1. The fourth-order valence-corrected chi connectivity index (χ4v) is 18.8. The fraction of sp³-hybridized carbons (Fsp3) is 0.633. The molecule has 0 amide bonds. The molecule has 6 fully saturated rings. The van der Waals surface area contributed by atoms with Crippen LogP contribution in [-0.2, 0) is 53.9 Å². The summed E-state index contributed by atoms with van der Waals surface area (Å²) >= 11 is 0. The number of carbonyl (C=O) groups excluding carboxylic acids is 2. The predicted molar refractivity (Wildman–Crippen MR) is 267 cm³/mol. The van der Waals surface area contributed by atoms with Gasteiger partial charge in [0, 0.05) is 61.4 Å². The Morgan fingerprint density at radius 2 is 1.57 bits per heavy atom. The van der Waals surface area contributed by atoms with Crippen LogP contribution in [0.4, 0.5) is 0 Å². The van der Waals surface area contributed by atoms with E-state index < -0.39 is 39.5 Å². The summed E-state index contributed by atoms with van der Waals surface area (Å²) in [6.45, 7) is 19.5. The Balaban J connectivity index is 0.780. The topological polar surface area (TPSA) is 134 Å². The molecule has 2 aromatic carbocycles. The van der Waals surface area contributed by atoms with Gasteiger partial charge in [0.15, 0.2) is 17.7 Å². The highest BCUT2D eigenvalue weighted by atomic mass is 16.8. The normalized spacial score (nSPS) is 43.8. The van der Waals surface area contributed by atoms with Crippen molar-refractivity contribution in [1.29, 1.82) is 0 Å². The van der Waals surface area contributed by atoms with Crippen LogP contribution >= 0.6 is 0 Å². The predicted octanol–water partition coefficient (Wildman–Crippen LogP) is 10.8. The van der Waals surface area contributed by atoms with E-state index in [1.807, 2.05) is 27.7 Å². The SMILES string of the molecule is C/C(=C\Cc1ccc2[nH]c3c(c2c1)CC1CC[C@@]2(O)C4=CC(=O)[C@@H]5O[C@@]4(CC[C@]2(C)[C@@]31C)OC5(C)C)CC1C[C@]2(C=O)C(CC[C@@]3(C)C2CCC2Cc4c([nH]c5ccccc45)[C@@]23C)O[C@@H]1C(C)(C)O. The van der Waals surface area contributed by atoms with E-state index in [0.29, 0.717) is 30.3 Å². The summed E-state index contributed by atoms with van der Waals surface area (Å²) in [6, 6.07) is 15.6. The van der Waals surface area contributed by atoms with Gasteiger partial charge >= 0.3 is 0 Å². The Morgan fingerprint density at radius 1 is 0.855 bits per heavy atom.